The van der Waals surface area contributed by atoms with E-state index < -0.39 is 7.60 Å². The molecule has 1 heterocycles. The van der Waals surface area contributed by atoms with Crippen LogP contribution in [-0.4, -0.2) is 61.2 Å². The van der Waals surface area contributed by atoms with E-state index >= 15 is 0 Å². The molecule has 1 aliphatic rings. The normalized spacial score (nSPS) is 23.2. The lowest BCUT2D eigenvalue weighted by Gasteiger charge is -2.23. The minimum absolute atomic E-state index is 0.000859. The third-order valence-electron chi connectivity index (χ3n) is 3.46. The molecule has 1 N–H and O–H groups in total. The number of likely N-dealkylation sites (tertiary alicyclic amines) is 1. The van der Waals surface area contributed by atoms with Gasteiger partial charge in [-0.2, -0.15) is 0 Å². The average molecular weight is 320 g/mol. The van der Waals surface area contributed by atoms with E-state index in [2.05, 4.69) is 14.9 Å². The van der Waals surface area contributed by atoms with Crippen LogP contribution in [0.2, 0.25) is 0 Å². The molecule has 2 atom stereocenters. The quantitative estimate of drug-likeness (QED) is 0.288. The van der Waals surface area contributed by atoms with E-state index in [4.69, 9.17) is 14.6 Å². The molecule has 0 aliphatic carbocycles. The summed E-state index contributed by atoms with van der Waals surface area (Å²) >= 11 is 0. The summed E-state index contributed by atoms with van der Waals surface area (Å²) in [6, 6.07) is -0.100. The summed E-state index contributed by atoms with van der Waals surface area (Å²) in [5, 5.41) is 13.1. The second-order valence-corrected chi connectivity index (χ2v) is 7.13. The van der Waals surface area contributed by atoms with Gasteiger partial charge < -0.3 is 14.2 Å². The molecule has 1 fully saturated rings. The molecular formula is C12H25N4O4P. The number of aliphatic hydroxyl groups is 1. The van der Waals surface area contributed by atoms with Crippen LogP contribution in [0.15, 0.2) is 5.11 Å². The Morgan fingerprint density at radius 1 is 1.43 bits per heavy atom. The second-order valence-electron chi connectivity index (χ2n) is 4.95. The van der Waals surface area contributed by atoms with Crippen LogP contribution in [0.1, 0.15) is 26.7 Å². The van der Waals surface area contributed by atoms with Gasteiger partial charge in [-0.15, -0.1) is 0 Å². The minimum Gasteiger partial charge on any atom is -0.395 e. The van der Waals surface area contributed by atoms with Gasteiger partial charge in [0.05, 0.1) is 32.0 Å². The van der Waals surface area contributed by atoms with Gasteiger partial charge in [0.2, 0.25) is 0 Å². The van der Waals surface area contributed by atoms with Crippen molar-refractivity contribution < 1.29 is 18.7 Å². The highest BCUT2D eigenvalue weighted by atomic mass is 31.2. The van der Waals surface area contributed by atoms with Crippen LogP contribution >= 0.6 is 7.60 Å². The lowest BCUT2D eigenvalue weighted by atomic mass is 10.2. The Kier molecular flexibility index (Phi) is 8.26. The molecule has 9 heteroatoms. The van der Waals surface area contributed by atoms with E-state index in [-0.39, 0.29) is 18.7 Å². The van der Waals surface area contributed by atoms with Gasteiger partial charge in [0.15, 0.2) is 0 Å². The topological polar surface area (TPSA) is 108 Å². The van der Waals surface area contributed by atoms with Crippen LogP contribution in [-0.2, 0) is 13.6 Å². The van der Waals surface area contributed by atoms with Crippen molar-refractivity contribution in [3.8, 4) is 0 Å². The maximum Gasteiger partial charge on any atom is 0.330 e. The third kappa shape index (κ3) is 5.94. The zero-order valence-electron chi connectivity index (χ0n) is 12.7. The highest BCUT2D eigenvalue weighted by Crippen LogP contribution is 2.48. The van der Waals surface area contributed by atoms with Crippen molar-refractivity contribution in [2.75, 3.05) is 39.1 Å². The summed E-state index contributed by atoms with van der Waals surface area (Å²) in [4.78, 5) is 4.89. The molecule has 0 aromatic carbocycles. The van der Waals surface area contributed by atoms with Gasteiger partial charge in [0.1, 0.15) is 0 Å². The van der Waals surface area contributed by atoms with Crippen molar-refractivity contribution in [3.63, 3.8) is 0 Å². The fraction of sp³-hybridized carbons (Fsp3) is 1.00. The summed E-state index contributed by atoms with van der Waals surface area (Å²) in [5.74, 6) is 0. The fourth-order valence-corrected chi connectivity index (χ4v) is 4.25. The largest absolute Gasteiger partial charge is 0.395 e. The molecule has 0 amide bonds. The lowest BCUT2D eigenvalue weighted by molar-refractivity contribution is 0.158. The molecule has 1 aliphatic heterocycles. The molecule has 1 saturated heterocycles. The van der Waals surface area contributed by atoms with Crippen molar-refractivity contribution >= 4 is 7.60 Å². The van der Waals surface area contributed by atoms with Crippen LogP contribution in [0, 0.1) is 0 Å². The molecule has 8 nitrogen and oxygen atoms in total. The first kappa shape index (κ1) is 18.4. The number of azide groups is 1. The molecule has 0 saturated carbocycles. The van der Waals surface area contributed by atoms with E-state index in [1.807, 2.05) is 0 Å². The highest BCUT2D eigenvalue weighted by molar-refractivity contribution is 7.53. The summed E-state index contributed by atoms with van der Waals surface area (Å²) in [5.41, 5.74) is 8.48. The van der Waals surface area contributed by atoms with Crippen LogP contribution in [0.4, 0.5) is 0 Å². The molecule has 21 heavy (non-hydrogen) atoms. The summed E-state index contributed by atoms with van der Waals surface area (Å²) in [6.45, 7) is 5.64. The Hall–Kier alpha value is -0.620. The Balaban J connectivity index is 2.46. The number of aliphatic hydroxyl groups excluding tert-OH is 1. The van der Waals surface area contributed by atoms with Crippen molar-refractivity contribution in [2.45, 2.75) is 38.8 Å². The lowest BCUT2D eigenvalue weighted by Crippen LogP contribution is -2.33. The van der Waals surface area contributed by atoms with Gasteiger partial charge in [-0.05, 0) is 38.8 Å². The van der Waals surface area contributed by atoms with Gasteiger partial charge in [-0.3, -0.25) is 9.46 Å². The third-order valence-corrected chi connectivity index (χ3v) is 5.63. The van der Waals surface area contributed by atoms with Gasteiger partial charge in [-0.1, -0.05) is 5.11 Å². The predicted molar refractivity (Wildman–Crippen MR) is 80.3 cm³/mol. The molecule has 0 radical (unpaired) electrons. The molecule has 0 aromatic rings. The summed E-state index contributed by atoms with van der Waals surface area (Å²) in [7, 11) is -3.00. The monoisotopic (exact) mass is 320 g/mol. The Morgan fingerprint density at radius 2 is 2.10 bits per heavy atom. The molecule has 0 bridgehead atoms. The first-order valence-electron chi connectivity index (χ1n) is 7.35. The zero-order chi connectivity index (χ0) is 15.7. The van der Waals surface area contributed by atoms with Crippen LogP contribution < -0.4 is 0 Å². The standard InChI is InChI=1S/C12H25N4O4P/c1-3-19-21(18,20-4-2)7-5-6-16-9-11(14-15-13)8-12(16)10-17/h11-12,17H,3-10H2,1-2H3/t11-,12-/m0/s1. The molecule has 0 unspecified atom stereocenters. The SMILES string of the molecule is CCOP(=O)(CCCN1C[C@@H](N=[N+]=[N-])C[C@H]1CO)OCC. The highest BCUT2D eigenvalue weighted by Gasteiger charge is 2.31. The summed E-state index contributed by atoms with van der Waals surface area (Å²) < 4.78 is 22.8. The number of nitrogens with zero attached hydrogens (tertiary/aromatic N) is 4. The van der Waals surface area contributed by atoms with Gasteiger partial charge in [0, 0.05) is 17.5 Å². The van der Waals surface area contributed by atoms with Gasteiger partial charge in [-0.25, -0.2) is 0 Å². The zero-order valence-corrected chi connectivity index (χ0v) is 13.6. The maximum absolute atomic E-state index is 12.3. The number of rotatable bonds is 10. The van der Waals surface area contributed by atoms with Gasteiger partial charge in [0.25, 0.3) is 0 Å². The number of hydrogen-bond donors (Lipinski definition) is 1. The smallest absolute Gasteiger partial charge is 0.330 e. The fourth-order valence-electron chi connectivity index (χ4n) is 2.61. The van der Waals surface area contributed by atoms with E-state index in [0.717, 1.165) is 0 Å². The van der Waals surface area contributed by atoms with E-state index in [1.165, 1.54) is 0 Å². The Morgan fingerprint density at radius 3 is 2.62 bits per heavy atom. The number of hydrogen-bond acceptors (Lipinski definition) is 6. The van der Waals surface area contributed by atoms with E-state index in [9.17, 15) is 9.67 Å². The molecule has 1 rings (SSSR count). The van der Waals surface area contributed by atoms with Crippen molar-refractivity contribution in [1.82, 2.24) is 4.90 Å². The summed E-state index contributed by atoms with van der Waals surface area (Å²) in [6.07, 6.45) is 1.67. The minimum atomic E-state index is -3.00. The Bertz CT molecular complexity index is 393. The van der Waals surface area contributed by atoms with Crippen LogP contribution in [0.3, 0.4) is 0 Å². The maximum atomic E-state index is 12.3. The van der Waals surface area contributed by atoms with E-state index in [1.54, 1.807) is 13.8 Å². The second kappa shape index (κ2) is 9.41. The predicted octanol–water partition coefficient (Wildman–Crippen LogP) is 2.39. The first-order valence-corrected chi connectivity index (χ1v) is 9.08. The molecular weight excluding hydrogens is 295 g/mol. The Labute approximate surface area is 125 Å². The van der Waals surface area contributed by atoms with Crippen LogP contribution in [0.5, 0.6) is 0 Å². The molecule has 122 valence electrons. The van der Waals surface area contributed by atoms with E-state index in [0.29, 0.717) is 45.3 Å². The van der Waals surface area contributed by atoms with Crippen molar-refractivity contribution in [2.24, 2.45) is 5.11 Å². The average Bonchev–Trinajstić information content (AvgIpc) is 2.82. The van der Waals surface area contributed by atoms with Crippen molar-refractivity contribution in [1.29, 1.82) is 0 Å². The van der Waals surface area contributed by atoms with Crippen molar-refractivity contribution in [3.05, 3.63) is 10.4 Å². The first-order chi connectivity index (χ1) is 10.1. The molecule has 0 spiro atoms. The van der Waals surface area contributed by atoms with Gasteiger partial charge >= 0.3 is 7.60 Å². The van der Waals surface area contributed by atoms with Crippen LogP contribution in [0.25, 0.3) is 10.4 Å². The molecule has 0 aromatic heterocycles.